The van der Waals surface area contributed by atoms with Crippen molar-refractivity contribution in [3.8, 4) is 11.5 Å². The topological polar surface area (TPSA) is 73.6 Å². The molecule has 5 heteroatoms. The zero-order valence-corrected chi connectivity index (χ0v) is 12.1. The molecule has 5 nitrogen and oxygen atoms in total. The number of hydrogen-bond acceptors (Lipinski definition) is 4. The highest BCUT2D eigenvalue weighted by Crippen LogP contribution is 2.24. The molecule has 0 spiro atoms. The minimum atomic E-state index is -0.118. The van der Waals surface area contributed by atoms with Crippen LogP contribution in [0.4, 0.5) is 11.4 Å². The fraction of sp³-hybridized carbons (Fsp3) is 0.188. The second-order valence-corrected chi connectivity index (χ2v) is 4.53. The maximum Gasteiger partial charge on any atom is 0.228 e. The molecular weight excluding hydrogens is 268 g/mol. The maximum atomic E-state index is 12.0. The summed E-state index contributed by atoms with van der Waals surface area (Å²) in [6.07, 6.45) is 0.267. The van der Waals surface area contributed by atoms with Crippen molar-refractivity contribution in [1.29, 1.82) is 0 Å². The van der Waals surface area contributed by atoms with E-state index in [4.69, 9.17) is 15.2 Å². The van der Waals surface area contributed by atoms with Crippen molar-refractivity contribution in [2.75, 3.05) is 25.3 Å². The van der Waals surface area contributed by atoms with E-state index in [9.17, 15) is 4.79 Å². The molecular formula is C16H18N2O3. The van der Waals surface area contributed by atoms with E-state index in [-0.39, 0.29) is 12.3 Å². The summed E-state index contributed by atoms with van der Waals surface area (Å²) in [5.41, 5.74) is 7.81. The Bertz CT molecular complexity index is 641. The first-order chi connectivity index (χ1) is 10.1. The monoisotopic (exact) mass is 286 g/mol. The number of anilines is 2. The molecule has 2 aromatic carbocycles. The summed E-state index contributed by atoms with van der Waals surface area (Å²) in [6.45, 7) is 0. The standard InChI is InChI=1S/C16H18N2O3/c1-20-13-5-3-4-11(8-13)9-16(19)18-12-6-7-15(21-2)14(17)10-12/h3-8,10H,9,17H2,1-2H3,(H,18,19). The minimum absolute atomic E-state index is 0.118. The predicted molar refractivity (Wildman–Crippen MR) is 82.7 cm³/mol. The largest absolute Gasteiger partial charge is 0.497 e. The Morgan fingerprint density at radius 3 is 2.62 bits per heavy atom. The van der Waals surface area contributed by atoms with Gasteiger partial charge in [0.1, 0.15) is 11.5 Å². The quantitative estimate of drug-likeness (QED) is 0.828. The van der Waals surface area contributed by atoms with Crippen LogP contribution in [-0.4, -0.2) is 20.1 Å². The number of nitrogen functional groups attached to an aromatic ring is 1. The number of carbonyl (C=O) groups excluding carboxylic acids is 1. The predicted octanol–water partition coefficient (Wildman–Crippen LogP) is 2.47. The van der Waals surface area contributed by atoms with Crippen molar-refractivity contribution < 1.29 is 14.3 Å². The van der Waals surface area contributed by atoms with Gasteiger partial charge in [-0.2, -0.15) is 0 Å². The highest BCUT2D eigenvalue weighted by molar-refractivity contribution is 5.93. The number of amides is 1. The van der Waals surface area contributed by atoms with Crippen LogP contribution < -0.4 is 20.5 Å². The van der Waals surface area contributed by atoms with E-state index in [0.717, 1.165) is 11.3 Å². The van der Waals surface area contributed by atoms with E-state index < -0.39 is 0 Å². The number of carbonyl (C=O) groups is 1. The van der Waals surface area contributed by atoms with Crippen LogP contribution in [0.3, 0.4) is 0 Å². The van der Waals surface area contributed by atoms with Gasteiger partial charge < -0.3 is 20.5 Å². The second-order valence-electron chi connectivity index (χ2n) is 4.53. The summed E-state index contributed by atoms with van der Waals surface area (Å²) < 4.78 is 10.2. The van der Waals surface area contributed by atoms with Crippen LogP contribution in [0.15, 0.2) is 42.5 Å². The van der Waals surface area contributed by atoms with E-state index in [1.807, 2.05) is 24.3 Å². The van der Waals surface area contributed by atoms with Gasteiger partial charge in [-0.05, 0) is 35.9 Å². The lowest BCUT2D eigenvalue weighted by atomic mass is 10.1. The molecule has 0 heterocycles. The molecule has 0 aliphatic heterocycles. The third-order valence-electron chi connectivity index (χ3n) is 3.01. The van der Waals surface area contributed by atoms with Crippen molar-refractivity contribution in [2.45, 2.75) is 6.42 Å². The molecule has 0 fully saturated rings. The summed E-state index contributed by atoms with van der Waals surface area (Å²) in [5, 5.41) is 2.80. The average molecular weight is 286 g/mol. The number of nitrogens with one attached hydrogen (secondary N) is 1. The molecule has 0 radical (unpaired) electrons. The van der Waals surface area contributed by atoms with Crippen LogP contribution >= 0.6 is 0 Å². The Hall–Kier alpha value is -2.69. The van der Waals surface area contributed by atoms with Gasteiger partial charge in [-0.3, -0.25) is 4.79 Å². The maximum absolute atomic E-state index is 12.0. The van der Waals surface area contributed by atoms with Crippen molar-refractivity contribution in [3.05, 3.63) is 48.0 Å². The van der Waals surface area contributed by atoms with Gasteiger partial charge in [-0.15, -0.1) is 0 Å². The lowest BCUT2D eigenvalue weighted by Gasteiger charge is -2.09. The molecule has 0 aromatic heterocycles. The number of methoxy groups -OCH3 is 2. The summed E-state index contributed by atoms with van der Waals surface area (Å²) in [4.78, 5) is 12.0. The first-order valence-electron chi connectivity index (χ1n) is 6.48. The summed E-state index contributed by atoms with van der Waals surface area (Å²) >= 11 is 0. The van der Waals surface area contributed by atoms with Crippen molar-refractivity contribution >= 4 is 17.3 Å². The first kappa shape index (κ1) is 14.7. The molecule has 110 valence electrons. The van der Waals surface area contributed by atoms with Crippen LogP contribution in [0.1, 0.15) is 5.56 Å². The van der Waals surface area contributed by atoms with Crippen molar-refractivity contribution in [1.82, 2.24) is 0 Å². The molecule has 0 bridgehead atoms. The molecule has 2 aromatic rings. The normalized spacial score (nSPS) is 10.0. The van der Waals surface area contributed by atoms with Crippen LogP contribution in [0.5, 0.6) is 11.5 Å². The Morgan fingerprint density at radius 1 is 1.14 bits per heavy atom. The molecule has 0 unspecified atom stereocenters. The fourth-order valence-corrected chi connectivity index (χ4v) is 1.99. The zero-order valence-electron chi connectivity index (χ0n) is 12.1. The van der Waals surface area contributed by atoms with E-state index in [1.165, 1.54) is 0 Å². The highest BCUT2D eigenvalue weighted by atomic mass is 16.5. The number of benzene rings is 2. The van der Waals surface area contributed by atoms with Gasteiger partial charge in [0.2, 0.25) is 5.91 Å². The second kappa shape index (κ2) is 6.65. The Balaban J connectivity index is 2.02. The lowest BCUT2D eigenvalue weighted by molar-refractivity contribution is -0.115. The average Bonchev–Trinajstić information content (AvgIpc) is 2.47. The van der Waals surface area contributed by atoms with Gasteiger partial charge in [-0.25, -0.2) is 0 Å². The Kier molecular flexibility index (Phi) is 4.66. The SMILES string of the molecule is COc1cccc(CC(=O)Nc2ccc(OC)c(N)c2)c1. The first-order valence-corrected chi connectivity index (χ1v) is 6.48. The Morgan fingerprint density at radius 2 is 1.95 bits per heavy atom. The van der Waals surface area contributed by atoms with Gasteiger partial charge in [-0.1, -0.05) is 12.1 Å². The van der Waals surface area contributed by atoms with Crippen LogP contribution in [0, 0.1) is 0 Å². The van der Waals surface area contributed by atoms with Crippen molar-refractivity contribution in [2.24, 2.45) is 0 Å². The van der Waals surface area contributed by atoms with Crippen LogP contribution in [-0.2, 0) is 11.2 Å². The van der Waals surface area contributed by atoms with Gasteiger partial charge in [0, 0.05) is 5.69 Å². The molecule has 0 saturated heterocycles. The minimum Gasteiger partial charge on any atom is -0.497 e. The van der Waals surface area contributed by atoms with E-state index in [2.05, 4.69) is 5.32 Å². The van der Waals surface area contributed by atoms with E-state index in [0.29, 0.717) is 17.1 Å². The zero-order chi connectivity index (χ0) is 15.2. The van der Waals surface area contributed by atoms with Crippen LogP contribution in [0.25, 0.3) is 0 Å². The molecule has 0 atom stereocenters. The van der Waals surface area contributed by atoms with E-state index in [1.54, 1.807) is 32.4 Å². The highest BCUT2D eigenvalue weighted by Gasteiger charge is 2.07. The molecule has 21 heavy (non-hydrogen) atoms. The number of ether oxygens (including phenoxy) is 2. The van der Waals surface area contributed by atoms with E-state index >= 15 is 0 Å². The Labute approximate surface area is 123 Å². The van der Waals surface area contributed by atoms with Gasteiger partial charge in [0.05, 0.1) is 26.3 Å². The van der Waals surface area contributed by atoms with Crippen molar-refractivity contribution in [3.63, 3.8) is 0 Å². The molecule has 3 N–H and O–H groups in total. The molecule has 2 rings (SSSR count). The summed E-state index contributed by atoms with van der Waals surface area (Å²) in [5.74, 6) is 1.20. The van der Waals surface area contributed by atoms with Gasteiger partial charge in [0.15, 0.2) is 0 Å². The third kappa shape index (κ3) is 3.89. The summed E-state index contributed by atoms with van der Waals surface area (Å²) in [7, 11) is 3.14. The smallest absolute Gasteiger partial charge is 0.228 e. The summed E-state index contributed by atoms with van der Waals surface area (Å²) in [6, 6.07) is 12.5. The van der Waals surface area contributed by atoms with Gasteiger partial charge >= 0.3 is 0 Å². The van der Waals surface area contributed by atoms with Crippen LogP contribution in [0.2, 0.25) is 0 Å². The third-order valence-corrected chi connectivity index (χ3v) is 3.01. The number of nitrogens with two attached hydrogens (primary N) is 1. The lowest BCUT2D eigenvalue weighted by Crippen LogP contribution is -2.14. The molecule has 0 aliphatic rings. The molecule has 0 aliphatic carbocycles. The fourth-order valence-electron chi connectivity index (χ4n) is 1.99. The molecule has 1 amide bonds. The molecule has 0 saturated carbocycles. The number of hydrogen-bond donors (Lipinski definition) is 2. The number of rotatable bonds is 5. The van der Waals surface area contributed by atoms with Gasteiger partial charge in [0.25, 0.3) is 0 Å².